The van der Waals surface area contributed by atoms with Gasteiger partial charge in [0.25, 0.3) is 0 Å². The maximum absolute atomic E-state index is 6.21. The van der Waals surface area contributed by atoms with E-state index in [4.69, 9.17) is 4.74 Å². The molecule has 2 nitrogen and oxygen atoms in total. The van der Waals surface area contributed by atoms with Crippen molar-refractivity contribution >= 4 is 5.69 Å². The topological polar surface area (TPSA) is 12.5 Å². The number of rotatable bonds is 9. The average Bonchev–Trinajstić information content (AvgIpc) is 2.73. The monoisotopic (exact) mass is 379 g/mol. The van der Waals surface area contributed by atoms with Crippen LogP contribution in [0.1, 0.15) is 77.2 Å². The van der Waals surface area contributed by atoms with Crippen molar-refractivity contribution in [3.8, 4) is 16.9 Å². The fourth-order valence-corrected chi connectivity index (χ4v) is 4.16. The van der Waals surface area contributed by atoms with Gasteiger partial charge in [-0.15, -0.1) is 0 Å². The summed E-state index contributed by atoms with van der Waals surface area (Å²) in [6.45, 7) is 7.80. The summed E-state index contributed by atoms with van der Waals surface area (Å²) in [5.74, 6) is 1.66. The molecule has 1 aliphatic rings. The minimum absolute atomic E-state index is 0.285. The number of ether oxygens (including phenoxy) is 1. The number of unbranched alkanes of at least 4 members (excludes halogenated alkanes) is 4. The molecule has 28 heavy (non-hydrogen) atoms. The second kappa shape index (κ2) is 10.0. The van der Waals surface area contributed by atoms with Crippen molar-refractivity contribution < 1.29 is 4.74 Å². The van der Waals surface area contributed by atoms with E-state index in [2.05, 4.69) is 75.2 Å². The van der Waals surface area contributed by atoms with Gasteiger partial charge in [-0.05, 0) is 47.6 Å². The predicted molar refractivity (Wildman–Crippen MR) is 122 cm³/mol. The summed E-state index contributed by atoms with van der Waals surface area (Å²) < 4.78 is 6.21. The van der Waals surface area contributed by atoms with Crippen molar-refractivity contribution in [3.63, 3.8) is 0 Å². The number of benzene rings is 2. The molecule has 2 aromatic rings. The van der Waals surface area contributed by atoms with Crippen LogP contribution in [-0.2, 0) is 0 Å². The highest BCUT2D eigenvalue weighted by Gasteiger charge is 2.22. The molecule has 0 radical (unpaired) electrons. The van der Waals surface area contributed by atoms with Crippen LogP contribution in [-0.4, -0.2) is 19.7 Å². The molecule has 2 heteroatoms. The summed E-state index contributed by atoms with van der Waals surface area (Å²) in [7, 11) is 2.15. The van der Waals surface area contributed by atoms with Gasteiger partial charge in [-0.3, -0.25) is 0 Å². The molecule has 0 amide bonds. The van der Waals surface area contributed by atoms with Gasteiger partial charge >= 0.3 is 0 Å². The molecule has 2 aromatic carbocycles. The second-order valence-electron chi connectivity index (χ2n) is 8.44. The van der Waals surface area contributed by atoms with Crippen molar-refractivity contribution in [1.82, 2.24) is 0 Å². The number of hydrogen-bond donors (Lipinski definition) is 0. The zero-order valence-corrected chi connectivity index (χ0v) is 18.2. The standard InChI is InChI=1S/C26H37NO/c1-5-7-8-9-10-11-20(3)21-12-14-22(15-13-21)23-16-17-25-26(18-23)28-24(6-2)19-27(25)4/h12-18,20,24H,5-11,19H2,1-4H3/t20-,24?/m1/s1. The zero-order chi connectivity index (χ0) is 19.9. The Morgan fingerprint density at radius 3 is 2.39 bits per heavy atom. The average molecular weight is 380 g/mol. The van der Waals surface area contributed by atoms with Gasteiger partial charge < -0.3 is 9.64 Å². The van der Waals surface area contributed by atoms with Gasteiger partial charge in [-0.2, -0.15) is 0 Å². The van der Waals surface area contributed by atoms with Gasteiger partial charge in [0.15, 0.2) is 0 Å². The summed E-state index contributed by atoms with van der Waals surface area (Å²) in [6, 6.07) is 15.8. The molecule has 0 aliphatic carbocycles. The summed E-state index contributed by atoms with van der Waals surface area (Å²) in [6.07, 6.45) is 9.42. The number of anilines is 1. The van der Waals surface area contributed by atoms with Gasteiger partial charge in [0.2, 0.25) is 0 Å². The van der Waals surface area contributed by atoms with E-state index in [9.17, 15) is 0 Å². The van der Waals surface area contributed by atoms with E-state index in [1.807, 2.05) is 0 Å². The molecule has 1 aliphatic heterocycles. The van der Waals surface area contributed by atoms with E-state index in [0.717, 1.165) is 18.7 Å². The SMILES string of the molecule is CCCCCCC[C@@H](C)c1ccc(-c2ccc3c(c2)OC(CC)CN3C)cc1. The fraction of sp³-hybridized carbons (Fsp3) is 0.538. The molecule has 0 N–H and O–H groups in total. The van der Waals surface area contributed by atoms with E-state index < -0.39 is 0 Å². The summed E-state index contributed by atoms with van der Waals surface area (Å²) >= 11 is 0. The Morgan fingerprint density at radius 1 is 0.964 bits per heavy atom. The Bertz CT molecular complexity index is 737. The normalized spacial score (nSPS) is 17.1. The van der Waals surface area contributed by atoms with Gasteiger partial charge in [0.1, 0.15) is 11.9 Å². The second-order valence-corrected chi connectivity index (χ2v) is 8.44. The smallest absolute Gasteiger partial charge is 0.143 e. The number of likely N-dealkylation sites (N-methyl/N-ethyl adjacent to an activating group) is 1. The van der Waals surface area contributed by atoms with E-state index in [0.29, 0.717) is 5.92 Å². The molecule has 0 spiro atoms. The van der Waals surface area contributed by atoms with Crippen molar-refractivity contribution in [2.24, 2.45) is 0 Å². The molecule has 0 aromatic heterocycles. The summed E-state index contributed by atoms with van der Waals surface area (Å²) in [5.41, 5.74) is 5.16. The quantitative estimate of drug-likeness (QED) is 0.420. The van der Waals surface area contributed by atoms with Crippen LogP contribution in [0, 0.1) is 0 Å². The lowest BCUT2D eigenvalue weighted by Crippen LogP contribution is -2.37. The third-order valence-corrected chi connectivity index (χ3v) is 6.15. The number of nitrogens with zero attached hydrogens (tertiary/aromatic N) is 1. The first-order valence-corrected chi connectivity index (χ1v) is 11.2. The highest BCUT2D eigenvalue weighted by atomic mass is 16.5. The van der Waals surface area contributed by atoms with Crippen LogP contribution in [0.25, 0.3) is 11.1 Å². The molecule has 1 heterocycles. The first-order chi connectivity index (χ1) is 13.6. The lowest BCUT2D eigenvalue weighted by Gasteiger charge is -2.33. The maximum atomic E-state index is 6.21. The first kappa shape index (κ1) is 20.8. The van der Waals surface area contributed by atoms with Crippen LogP contribution < -0.4 is 9.64 Å². The maximum Gasteiger partial charge on any atom is 0.143 e. The minimum atomic E-state index is 0.285. The number of fused-ring (bicyclic) bond motifs is 1. The predicted octanol–water partition coefficient (Wildman–Crippen LogP) is 7.42. The van der Waals surface area contributed by atoms with Gasteiger partial charge in [-0.25, -0.2) is 0 Å². The molecule has 1 unspecified atom stereocenters. The molecule has 3 rings (SSSR count). The van der Waals surface area contributed by atoms with Crippen LogP contribution >= 0.6 is 0 Å². The van der Waals surface area contributed by atoms with E-state index in [-0.39, 0.29) is 6.10 Å². The van der Waals surface area contributed by atoms with Crippen molar-refractivity contribution in [1.29, 1.82) is 0 Å². The van der Waals surface area contributed by atoms with Gasteiger partial charge in [-0.1, -0.05) is 83.2 Å². The molecule has 0 bridgehead atoms. The van der Waals surface area contributed by atoms with E-state index >= 15 is 0 Å². The highest BCUT2D eigenvalue weighted by Crippen LogP contribution is 2.37. The van der Waals surface area contributed by atoms with Crippen LogP contribution in [0.15, 0.2) is 42.5 Å². The molecule has 2 atom stereocenters. The molecule has 0 saturated carbocycles. The Balaban J connectivity index is 1.65. The van der Waals surface area contributed by atoms with E-state index in [1.54, 1.807) is 0 Å². The Labute approximate surface area is 171 Å². The molecule has 152 valence electrons. The van der Waals surface area contributed by atoms with Crippen LogP contribution in [0.3, 0.4) is 0 Å². The fourth-order valence-electron chi connectivity index (χ4n) is 4.16. The van der Waals surface area contributed by atoms with Crippen molar-refractivity contribution in [2.75, 3.05) is 18.5 Å². The third kappa shape index (κ3) is 5.10. The summed E-state index contributed by atoms with van der Waals surface area (Å²) in [4.78, 5) is 2.31. The molecular formula is C26H37NO. The van der Waals surface area contributed by atoms with Crippen LogP contribution in [0.2, 0.25) is 0 Å². The van der Waals surface area contributed by atoms with Crippen molar-refractivity contribution in [3.05, 3.63) is 48.0 Å². The highest BCUT2D eigenvalue weighted by molar-refractivity contribution is 5.72. The van der Waals surface area contributed by atoms with Gasteiger partial charge in [0, 0.05) is 7.05 Å². The molecule has 0 fully saturated rings. The van der Waals surface area contributed by atoms with Crippen LogP contribution in [0.5, 0.6) is 5.75 Å². The Morgan fingerprint density at radius 2 is 1.68 bits per heavy atom. The number of hydrogen-bond acceptors (Lipinski definition) is 2. The summed E-state index contributed by atoms with van der Waals surface area (Å²) in [5, 5.41) is 0. The third-order valence-electron chi connectivity index (χ3n) is 6.15. The minimum Gasteiger partial charge on any atom is -0.486 e. The Kier molecular flexibility index (Phi) is 7.42. The first-order valence-electron chi connectivity index (χ1n) is 11.2. The van der Waals surface area contributed by atoms with Crippen molar-refractivity contribution in [2.45, 2.75) is 77.7 Å². The van der Waals surface area contributed by atoms with E-state index in [1.165, 1.54) is 60.9 Å². The van der Waals surface area contributed by atoms with Gasteiger partial charge in [0.05, 0.1) is 12.2 Å². The largest absolute Gasteiger partial charge is 0.486 e. The molecule has 0 saturated heterocycles. The zero-order valence-electron chi connectivity index (χ0n) is 18.2. The lowest BCUT2D eigenvalue weighted by molar-refractivity contribution is 0.192. The molecular weight excluding hydrogens is 342 g/mol. The Hall–Kier alpha value is -1.96. The lowest BCUT2D eigenvalue weighted by atomic mass is 9.93. The van der Waals surface area contributed by atoms with Crippen LogP contribution in [0.4, 0.5) is 5.69 Å².